The summed E-state index contributed by atoms with van der Waals surface area (Å²) in [7, 11) is 0. The first-order valence-electron chi connectivity index (χ1n) is 8.70. The van der Waals surface area contributed by atoms with Crippen LogP contribution in [0.5, 0.6) is 0 Å². The molecule has 0 aromatic carbocycles. The van der Waals surface area contributed by atoms with Crippen molar-refractivity contribution in [3.8, 4) is 0 Å². The van der Waals surface area contributed by atoms with Crippen LogP contribution in [-0.2, 0) is 4.79 Å². The van der Waals surface area contributed by atoms with Crippen molar-refractivity contribution < 1.29 is 15.0 Å². The quantitative estimate of drug-likeness (QED) is 0.263. The first-order valence-corrected chi connectivity index (χ1v) is 8.70. The fourth-order valence-corrected chi connectivity index (χ4v) is 1.96. The molecule has 3 heteroatoms. The highest BCUT2D eigenvalue weighted by Gasteiger charge is 1.93. The minimum atomic E-state index is -0.738. The number of allylic oxidation sites excluding steroid dienone is 6. The Balaban J connectivity index is 3.62. The third-order valence-corrected chi connectivity index (χ3v) is 3.30. The van der Waals surface area contributed by atoms with E-state index in [4.69, 9.17) is 5.11 Å². The summed E-state index contributed by atoms with van der Waals surface area (Å²) < 4.78 is 0. The Morgan fingerprint density at radius 1 is 0.957 bits per heavy atom. The molecule has 0 aliphatic heterocycles. The summed E-state index contributed by atoms with van der Waals surface area (Å²) in [5, 5.41) is 18.3. The summed E-state index contributed by atoms with van der Waals surface area (Å²) in [6.07, 6.45) is 23.5. The molecule has 0 unspecified atom stereocenters. The molecule has 0 spiro atoms. The SMILES string of the molecule is CCCCC/C=C/C[C@@H](O)/C=C/C=C\C/C=C\CCCC(=O)O. The molecule has 0 saturated heterocycles. The van der Waals surface area contributed by atoms with Gasteiger partial charge in [-0.2, -0.15) is 0 Å². The number of unbranched alkanes of at least 4 members (excludes halogenated alkanes) is 4. The molecule has 0 saturated carbocycles. The van der Waals surface area contributed by atoms with Crippen LogP contribution >= 0.6 is 0 Å². The second-order valence-corrected chi connectivity index (χ2v) is 5.58. The van der Waals surface area contributed by atoms with Gasteiger partial charge in [0.2, 0.25) is 0 Å². The van der Waals surface area contributed by atoms with Gasteiger partial charge in [0, 0.05) is 6.42 Å². The fourth-order valence-electron chi connectivity index (χ4n) is 1.96. The second-order valence-electron chi connectivity index (χ2n) is 5.58. The van der Waals surface area contributed by atoms with Crippen LogP contribution in [-0.4, -0.2) is 22.3 Å². The van der Waals surface area contributed by atoms with Gasteiger partial charge in [0.25, 0.3) is 0 Å². The van der Waals surface area contributed by atoms with Crippen molar-refractivity contribution in [2.75, 3.05) is 0 Å². The van der Waals surface area contributed by atoms with Crippen LogP contribution in [0.1, 0.15) is 64.7 Å². The Labute approximate surface area is 141 Å². The number of carboxylic acid groups (broad SMARTS) is 1. The Kier molecular flexibility index (Phi) is 15.6. The number of carboxylic acids is 1. The molecule has 3 nitrogen and oxygen atoms in total. The third-order valence-electron chi connectivity index (χ3n) is 3.30. The molecule has 0 amide bonds. The number of hydrogen-bond donors (Lipinski definition) is 2. The first-order chi connectivity index (χ1) is 11.2. The molecule has 0 radical (unpaired) electrons. The molecule has 0 fully saturated rings. The maximum Gasteiger partial charge on any atom is 0.303 e. The van der Waals surface area contributed by atoms with Gasteiger partial charge >= 0.3 is 5.97 Å². The van der Waals surface area contributed by atoms with E-state index in [0.717, 1.165) is 19.3 Å². The lowest BCUT2D eigenvalue weighted by molar-refractivity contribution is -0.137. The highest BCUT2D eigenvalue weighted by molar-refractivity contribution is 5.66. The number of aliphatic hydroxyl groups is 1. The summed E-state index contributed by atoms with van der Waals surface area (Å²) in [6.45, 7) is 2.20. The minimum Gasteiger partial charge on any atom is -0.481 e. The van der Waals surface area contributed by atoms with Gasteiger partial charge in [0.15, 0.2) is 0 Å². The highest BCUT2D eigenvalue weighted by atomic mass is 16.4. The predicted molar refractivity (Wildman–Crippen MR) is 97.4 cm³/mol. The molecule has 0 aromatic heterocycles. The Hall–Kier alpha value is -1.61. The van der Waals surface area contributed by atoms with Crippen LogP contribution in [0.15, 0.2) is 48.6 Å². The number of carbonyl (C=O) groups is 1. The van der Waals surface area contributed by atoms with Gasteiger partial charge in [-0.05, 0) is 38.5 Å². The summed E-state index contributed by atoms with van der Waals surface area (Å²) in [5.74, 6) is -0.738. The lowest BCUT2D eigenvalue weighted by Gasteiger charge is -1.99. The first kappa shape index (κ1) is 21.4. The van der Waals surface area contributed by atoms with E-state index in [1.54, 1.807) is 6.08 Å². The van der Waals surface area contributed by atoms with Crippen molar-refractivity contribution >= 4 is 5.97 Å². The van der Waals surface area contributed by atoms with E-state index in [2.05, 4.69) is 13.0 Å². The van der Waals surface area contributed by atoms with Crippen molar-refractivity contribution in [1.29, 1.82) is 0 Å². The monoisotopic (exact) mass is 320 g/mol. The molecule has 0 rings (SSSR count). The van der Waals surface area contributed by atoms with E-state index in [-0.39, 0.29) is 6.42 Å². The standard InChI is InChI=1S/C20H32O3/c1-2-3-4-5-10-13-16-19(21)17-14-11-8-6-7-9-12-15-18-20(22)23/h7-11,13-14,17,19,21H,2-6,12,15-16,18H2,1H3,(H,22,23)/b9-7-,11-8-,13-10+,17-14+/t19-/m1/s1. The van der Waals surface area contributed by atoms with Crippen molar-refractivity contribution in [3.05, 3.63) is 48.6 Å². The normalized spacial score (nSPS) is 13.8. The van der Waals surface area contributed by atoms with Crippen LogP contribution in [0.3, 0.4) is 0 Å². The summed E-state index contributed by atoms with van der Waals surface area (Å²) in [6, 6.07) is 0. The average molecular weight is 320 g/mol. The lowest BCUT2D eigenvalue weighted by atomic mass is 10.1. The van der Waals surface area contributed by atoms with Gasteiger partial charge in [-0.3, -0.25) is 4.79 Å². The van der Waals surface area contributed by atoms with E-state index in [1.165, 1.54) is 19.3 Å². The van der Waals surface area contributed by atoms with Crippen LogP contribution in [0.4, 0.5) is 0 Å². The van der Waals surface area contributed by atoms with Gasteiger partial charge in [-0.1, -0.05) is 68.4 Å². The lowest BCUT2D eigenvalue weighted by Crippen LogP contribution is -1.98. The Morgan fingerprint density at radius 3 is 2.43 bits per heavy atom. The van der Waals surface area contributed by atoms with E-state index >= 15 is 0 Å². The minimum absolute atomic E-state index is 0.230. The third kappa shape index (κ3) is 18.3. The molecule has 1 atom stereocenters. The zero-order valence-electron chi connectivity index (χ0n) is 14.4. The molecule has 0 heterocycles. The topological polar surface area (TPSA) is 57.5 Å². The summed E-state index contributed by atoms with van der Waals surface area (Å²) >= 11 is 0. The molecule has 0 aliphatic carbocycles. The van der Waals surface area contributed by atoms with Gasteiger partial charge < -0.3 is 10.2 Å². The van der Waals surface area contributed by atoms with Gasteiger partial charge in [-0.15, -0.1) is 0 Å². The van der Waals surface area contributed by atoms with Gasteiger partial charge in [0.05, 0.1) is 6.10 Å². The molecule has 0 aromatic rings. The number of aliphatic carboxylic acids is 1. The van der Waals surface area contributed by atoms with Crippen LogP contribution in [0.25, 0.3) is 0 Å². The van der Waals surface area contributed by atoms with Gasteiger partial charge in [0.1, 0.15) is 0 Å². The summed E-state index contributed by atoms with van der Waals surface area (Å²) in [5.41, 5.74) is 0. The number of aliphatic hydroxyl groups excluding tert-OH is 1. The Bertz CT molecular complexity index is 392. The second kappa shape index (κ2) is 16.8. The van der Waals surface area contributed by atoms with E-state index in [0.29, 0.717) is 12.8 Å². The Morgan fingerprint density at radius 2 is 1.70 bits per heavy atom. The maximum atomic E-state index is 10.3. The van der Waals surface area contributed by atoms with Crippen molar-refractivity contribution in [1.82, 2.24) is 0 Å². The molecule has 0 bridgehead atoms. The zero-order chi connectivity index (χ0) is 17.2. The number of rotatable bonds is 14. The fraction of sp³-hybridized carbons (Fsp3) is 0.550. The highest BCUT2D eigenvalue weighted by Crippen LogP contribution is 2.02. The van der Waals surface area contributed by atoms with Crippen LogP contribution in [0.2, 0.25) is 0 Å². The largest absolute Gasteiger partial charge is 0.481 e. The number of hydrogen-bond acceptors (Lipinski definition) is 2. The van der Waals surface area contributed by atoms with E-state index in [9.17, 15) is 9.90 Å². The zero-order valence-corrected chi connectivity index (χ0v) is 14.4. The molecule has 2 N–H and O–H groups in total. The molecule has 130 valence electrons. The molecular weight excluding hydrogens is 288 g/mol. The van der Waals surface area contributed by atoms with Gasteiger partial charge in [-0.25, -0.2) is 0 Å². The van der Waals surface area contributed by atoms with Crippen LogP contribution < -0.4 is 0 Å². The summed E-state index contributed by atoms with van der Waals surface area (Å²) in [4.78, 5) is 10.3. The smallest absolute Gasteiger partial charge is 0.303 e. The molecular formula is C20H32O3. The maximum absolute atomic E-state index is 10.3. The molecule has 0 aliphatic rings. The van der Waals surface area contributed by atoms with E-state index in [1.807, 2.05) is 36.5 Å². The van der Waals surface area contributed by atoms with Crippen molar-refractivity contribution in [2.45, 2.75) is 70.8 Å². The molecule has 23 heavy (non-hydrogen) atoms. The van der Waals surface area contributed by atoms with Crippen molar-refractivity contribution in [2.24, 2.45) is 0 Å². The average Bonchev–Trinajstić information content (AvgIpc) is 2.52. The van der Waals surface area contributed by atoms with E-state index < -0.39 is 12.1 Å². The predicted octanol–water partition coefficient (Wildman–Crippen LogP) is 5.19. The van der Waals surface area contributed by atoms with Crippen LogP contribution in [0, 0.1) is 0 Å². The van der Waals surface area contributed by atoms with Crippen molar-refractivity contribution in [3.63, 3.8) is 0 Å².